The van der Waals surface area contributed by atoms with Gasteiger partial charge < -0.3 is 14.5 Å². The molecular formula is C17H24F2N4O4S. The Balaban J connectivity index is 1.86. The molecule has 1 fully saturated rings. The summed E-state index contributed by atoms with van der Waals surface area (Å²) in [6, 6.07) is 0. The summed E-state index contributed by atoms with van der Waals surface area (Å²) in [6.07, 6.45) is 0.109. The molecule has 3 rings (SSSR count). The van der Waals surface area contributed by atoms with Crippen molar-refractivity contribution in [1.29, 1.82) is 0 Å². The van der Waals surface area contributed by atoms with E-state index in [9.17, 15) is 22.0 Å². The van der Waals surface area contributed by atoms with Crippen molar-refractivity contribution < 1.29 is 26.7 Å². The third-order valence-corrected chi connectivity index (χ3v) is 5.41. The van der Waals surface area contributed by atoms with Gasteiger partial charge in [-0.2, -0.15) is 8.78 Å². The van der Waals surface area contributed by atoms with Crippen molar-refractivity contribution in [2.45, 2.75) is 50.3 Å². The second-order valence-electron chi connectivity index (χ2n) is 8.09. The number of amides is 1. The lowest BCUT2D eigenvalue weighted by Gasteiger charge is -2.36. The van der Waals surface area contributed by atoms with Crippen LogP contribution >= 0.6 is 0 Å². The quantitative estimate of drug-likeness (QED) is 0.678. The van der Waals surface area contributed by atoms with Gasteiger partial charge in [-0.15, -0.1) is 0 Å². The Hall–Kier alpha value is -2.04. The number of halogens is 2. The Kier molecular flexibility index (Phi) is 5.01. The molecule has 0 atom stereocenters. The number of carbonyl (C=O) groups excluding carboxylic acids is 1. The van der Waals surface area contributed by atoms with Crippen LogP contribution in [-0.4, -0.2) is 67.4 Å². The normalized spacial score (nSPS) is 19.5. The van der Waals surface area contributed by atoms with Crippen LogP contribution in [0.1, 0.15) is 38.4 Å². The topological polar surface area (TPSA) is 92.7 Å². The third-order valence-electron chi connectivity index (χ3n) is 4.56. The van der Waals surface area contributed by atoms with Crippen molar-refractivity contribution in [3.05, 3.63) is 11.3 Å². The molecule has 11 heteroatoms. The molecule has 1 aliphatic carbocycles. The third kappa shape index (κ3) is 4.18. The van der Waals surface area contributed by atoms with Crippen LogP contribution in [0.15, 0.2) is 5.16 Å². The summed E-state index contributed by atoms with van der Waals surface area (Å²) in [4.78, 5) is 23.2. The van der Waals surface area contributed by atoms with Gasteiger partial charge in [0.1, 0.15) is 17.1 Å². The first kappa shape index (κ1) is 20.7. The van der Waals surface area contributed by atoms with E-state index in [0.29, 0.717) is 26.2 Å². The summed E-state index contributed by atoms with van der Waals surface area (Å²) < 4.78 is 57.5. The molecule has 0 saturated carbocycles. The summed E-state index contributed by atoms with van der Waals surface area (Å²) in [5, 5.41) is -0.600. The molecule has 1 amide bonds. The highest BCUT2D eigenvalue weighted by Crippen LogP contribution is 2.43. The molecule has 0 aromatic carbocycles. The Bertz CT molecular complexity index is 891. The number of ether oxygens (including phenoxy) is 1. The van der Waals surface area contributed by atoms with Gasteiger partial charge in [0.05, 0.1) is 0 Å². The zero-order valence-electron chi connectivity index (χ0n) is 16.3. The minimum atomic E-state index is -3.85. The number of carbonyl (C=O) groups is 1. The Labute approximate surface area is 162 Å². The van der Waals surface area contributed by atoms with Crippen molar-refractivity contribution in [2.75, 3.05) is 37.3 Å². The fourth-order valence-electron chi connectivity index (χ4n) is 3.24. The minimum Gasteiger partial charge on any atom is -0.444 e. The first-order valence-electron chi connectivity index (χ1n) is 9.00. The largest absolute Gasteiger partial charge is 0.444 e. The molecule has 2 aliphatic rings. The summed E-state index contributed by atoms with van der Waals surface area (Å²) >= 11 is 0. The van der Waals surface area contributed by atoms with Crippen LogP contribution in [0, 0.1) is 0 Å². The van der Waals surface area contributed by atoms with Crippen LogP contribution in [0.25, 0.3) is 0 Å². The number of sulfone groups is 1. The molecule has 0 unspecified atom stereocenters. The number of hydrogen-bond acceptors (Lipinski definition) is 7. The van der Waals surface area contributed by atoms with Gasteiger partial charge in [0.2, 0.25) is 15.0 Å². The van der Waals surface area contributed by atoms with Crippen LogP contribution in [-0.2, 0) is 26.9 Å². The second-order valence-corrected chi connectivity index (χ2v) is 10.00. The van der Waals surface area contributed by atoms with E-state index >= 15 is 0 Å². The first-order valence-corrected chi connectivity index (χ1v) is 10.9. The maximum atomic E-state index is 14.2. The Morgan fingerprint density at radius 3 is 2.29 bits per heavy atom. The highest BCUT2D eigenvalue weighted by atomic mass is 32.2. The lowest BCUT2D eigenvalue weighted by molar-refractivity contribution is -0.00653. The number of rotatable bonds is 2. The van der Waals surface area contributed by atoms with Crippen molar-refractivity contribution in [3.8, 4) is 0 Å². The van der Waals surface area contributed by atoms with Gasteiger partial charge in [-0.1, -0.05) is 0 Å². The number of anilines is 1. The Morgan fingerprint density at radius 2 is 1.75 bits per heavy atom. The average Bonchev–Trinajstić information content (AvgIpc) is 2.87. The number of hydrogen-bond donors (Lipinski definition) is 0. The van der Waals surface area contributed by atoms with Crippen LogP contribution in [0.3, 0.4) is 0 Å². The number of fused-ring (bicyclic) bond motifs is 1. The number of alkyl halides is 2. The molecule has 1 aliphatic heterocycles. The molecule has 8 nitrogen and oxygen atoms in total. The van der Waals surface area contributed by atoms with E-state index in [-0.39, 0.29) is 17.8 Å². The van der Waals surface area contributed by atoms with E-state index < -0.39 is 44.7 Å². The zero-order chi connectivity index (χ0) is 20.9. The SMILES string of the molecule is CC(C)(C)OC(=O)N1CCN(c2nc(S(C)(=O)=O)nc3c2CCC3(F)F)CC1. The van der Waals surface area contributed by atoms with Gasteiger partial charge >= 0.3 is 6.09 Å². The summed E-state index contributed by atoms with van der Waals surface area (Å²) in [7, 11) is -3.85. The predicted octanol–water partition coefficient (Wildman–Crippen LogP) is 1.98. The van der Waals surface area contributed by atoms with Gasteiger partial charge in [0.25, 0.3) is 5.92 Å². The van der Waals surface area contributed by atoms with Crippen molar-refractivity contribution in [3.63, 3.8) is 0 Å². The first-order chi connectivity index (χ1) is 12.8. The highest BCUT2D eigenvalue weighted by Gasteiger charge is 2.44. The summed E-state index contributed by atoms with van der Waals surface area (Å²) in [5.74, 6) is -2.96. The van der Waals surface area contributed by atoms with E-state index in [1.54, 1.807) is 25.7 Å². The molecule has 1 aromatic heterocycles. The molecule has 2 heterocycles. The molecule has 0 bridgehead atoms. The van der Waals surface area contributed by atoms with Gasteiger partial charge in [-0.05, 0) is 27.2 Å². The minimum absolute atomic E-state index is 0.0774. The van der Waals surface area contributed by atoms with Crippen LogP contribution in [0.4, 0.5) is 19.4 Å². The Morgan fingerprint density at radius 1 is 1.14 bits per heavy atom. The maximum Gasteiger partial charge on any atom is 0.410 e. The summed E-state index contributed by atoms with van der Waals surface area (Å²) in [5.41, 5.74) is -0.840. The molecular weight excluding hydrogens is 394 g/mol. The molecule has 0 spiro atoms. The summed E-state index contributed by atoms with van der Waals surface area (Å²) in [6.45, 7) is 6.63. The van der Waals surface area contributed by atoms with Crippen LogP contribution in [0.2, 0.25) is 0 Å². The van der Waals surface area contributed by atoms with Crippen LogP contribution < -0.4 is 4.90 Å². The number of nitrogens with zero attached hydrogens (tertiary/aromatic N) is 4. The predicted molar refractivity (Wildman–Crippen MR) is 97.4 cm³/mol. The fraction of sp³-hybridized carbons (Fsp3) is 0.706. The monoisotopic (exact) mass is 418 g/mol. The fourth-order valence-corrected chi connectivity index (χ4v) is 3.75. The lowest BCUT2D eigenvalue weighted by atomic mass is 10.2. The molecule has 0 radical (unpaired) electrons. The standard InChI is InChI=1S/C17H24F2N4O4S/c1-16(2,3)27-15(24)23-9-7-22(8-10-23)13-11-5-6-17(18,19)12(11)20-14(21-13)28(4,25)26/h5-10H2,1-4H3. The van der Waals surface area contributed by atoms with Gasteiger partial charge in [-0.25, -0.2) is 23.2 Å². The van der Waals surface area contributed by atoms with Crippen molar-refractivity contribution in [2.24, 2.45) is 0 Å². The van der Waals surface area contributed by atoms with Crippen LogP contribution in [0.5, 0.6) is 0 Å². The van der Waals surface area contributed by atoms with Crippen molar-refractivity contribution in [1.82, 2.24) is 14.9 Å². The molecule has 0 N–H and O–H groups in total. The van der Waals surface area contributed by atoms with Crippen molar-refractivity contribution >= 4 is 21.7 Å². The van der Waals surface area contributed by atoms with E-state index in [1.165, 1.54) is 4.90 Å². The van der Waals surface area contributed by atoms with Gasteiger partial charge in [-0.3, -0.25) is 0 Å². The molecule has 28 heavy (non-hydrogen) atoms. The number of aromatic nitrogens is 2. The van der Waals surface area contributed by atoms with Gasteiger partial charge in [0.15, 0.2) is 0 Å². The van der Waals surface area contributed by atoms with E-state index in [1.807, 2.05) is 0 Å². The molecule has 1 aromatic rings. The van der Waals surface area contributed by atoms with E-state index in [0.717, 1.165) is 6.26 Å². The second kappa shape index (κ2) is 6.78. The molecule has 156 valence electrons. The van der Waals surface area contributed by atoms with E-state index in [2.05, 4.69) is 9.97 Å². The zero-order valence-corrected chi connectivity index (χ0v) is 17.1. The smallest absolute Gasteiger partial charge is 0.410 e. The average molecular weight is 418 g/mol. The lowest BCUT2D eigenvalue weighted by Crippen LogP contribution is -2.50. The number of piperazine rings is 1. The maximum absolute atomic E-state index is 14.2. The molecule has 1 saturated heterocycles. The van der Waals surface area contributed by atoms with E-state index in [4.69, 9.17) is 4.74 Å². The highest BCUT2D eigenvalue weighted by molar-refractivity contribution is 7.90. The van der Waals surface area contributed by atoms with Gasteiger partial charge in [0, 0.05) is 44.4 Å².